The predicted molar refractivity (Wildman–Crippen MR) is 249 cm³/mol. The molecule has 0 aliphatic heterocycles. The van der Waals surface area contributed by atoms with Crippen LogP contribution in [0.5, 0.6) is 0 Å². The van der Waals surface area contributed by atoms with Crippen molar-refractivity contribution in [2.45, 2.75) is 159 Å². The summed E-state index contributed by atoms with van der Waals surface area (Å²) in [5, 5.41) is 0. The summed E-state index contributed by atoms with van der Waals surface area (Å²) in [5.41, 5.74) is 0.462. The number of hydrogen-bond acceptors (Lipinski definition) is 0. The molecule has 12 atom stereocenters. The van der Waals surface area contributed by atoms with E-state index in [1.165, 1.54) is 57.8 Å². The second-order valence-corrected chi connectivity index (χ2v) is 20.0. The fourth-order valence-electron chi connectivity index (χ4n) is 12.2. The van der Waals surface area contributed by atoms with Crippen molar-refractivity contribution in [3.63, 3.8) is 0 Å². The van der Waals surface area contributed by atoms with E-state index < -0.39 is 20.8 Å². The van der Waals surface area contributed by atoms with Gasteiger partial charge in [-0.1, -0.05) is 143 Å². The minimum Gasteiger partial charge on any atom is 1.00 e. The summed E-state index contributed by atoms with van der Waals surface area (Å²) < 4.78 is 0. The Morgan fingerprint density at radius 1 is 0.518 bits per heavy atom. The Balaban J connectivity index is -0.000000234. The third-order valence-corrected chi connectivity index (χ3v) is 14.2. The standard InChI is InChI=1S/C21H28.C19H30.3C2H6.CH4.4CH3.2ClH.2Li.Zr/c1-21(2,19-13-11-15-7-3-5-9-17(15)19)20-14-12-16-8-4-6-10-18(16)20;1-3-7-18-14(5-1)9-11-16(18)13-17-12-10-15-6-2-4-8-19(15)17;3*1-2;;;;;;;;;;/h3-10,15-20H,11-14H2,1-2H3;1,5,14-19H,2-4,6-13H2;3*1-2H3;1H4;4*1H3;2*1H;;;/q;;;;;;4*-1;;;2*+1;+4/p-2. The Labute approximate surface area is 398 Å². The van der Waals surface area contributed by atoms with Crippen LogP contribution >= 0.6 is 17.0 Å². The molecule has 0 amide bonds. The molecule has 5 heteroatoms. The second kappa shape index (κ2) is 35.9. The topological polar surface area (TPSA) is 0 Å². The minimum absolute atomic E-state index is 0. The molecule has 0 spiro atoms. The predicted octanol–water partition coefficient (Wildman–Crippen LogP) is 12.0. The monoisotopic (exact) mass is 879 g/mol. The van der Waals surface area contributed by atoms with Gasteiger partial charge in [0.25, 0.3) is 0 Å². The summed E-state index contributed by atoms with van der Waals surface area (Å²) in [6.45, 7) is 17.1. The maximum Gasteiger partial charge on any atom is 1.00 e. The first-order chi connectivity index (χ1) is 24.0. The zero-order valence-electron chi connectivity index (χ0n) is 39.1. The maximum absolute atomic E-state index is 4.93. The summed E-state index contributed by atoms with van der Waals surface area (Å²) in [6, 6.07) is 0. The molecule has 12 unspecified atom stereocenters. The molecule has 8 aliphatic carbocycles. The van der Waals surface area contributed by atoms with Gasteiger partial charge in [0.15, 0.2) is 0 Å². The van der Waals surface area contributed by atoms with Crippen LogP contribution in [0.4, 0.5) is 0 Å². The summed E-state index contributed by atoms with van der Waals surface area (Å²) >= 11 is -0.826. The zero-order valence-corrected chi connectivity index (χ0v) is 43.0. The van der Waals surface area contributed by atoms with Gasteiger partial charge in [-0.05, 0) is 153 Å². The molecule has 316 valence electrons. The van der Waals surface area contributed by atoms with Gasteiger partial charge in [-0.3, -0.25) is 0 Å². The first-order valence-electron chi connectivity index (χ1n) is 21.3. The third-order valence-electron chi connectivity index (χ3n) is 14.2. The van der Waals surface area contributed by atoms with Crippen LogP contribution in [0.3, 0.4) is 0 Å². The van der Waals surface area contributed by atoms with Gasteiger partial charge in [0.1, 0.15) is 0 Å². The molecular formula is C51H92Cl2Li2Zr. The van der Waals surface area contributed by atoms with Gasteiger partial charge in [-0.15, -0.1) is 0 Å². The fourth-order valence-corrected chi connectivity index (χ4v) is 12.2. The normalized spacial score (nSPS) is 33.7. The Bertz CT molecular complexity index is 1020. The fraction of sp³-hybridized carbons (Fsp3) is 0.725. The molecule has 5 fully saturated rings. The van der Waals surface area contributed by atoms with Crippen LogP contribution in [0.2, 0.25) is 0 Å². The van der Waals surface area contributed by atoms with Crippen molar-refractivity contribution in [2.24, 2.45) is 76.4 Å². The van der Waals surface area contributed by atoms with Gasteiger partial charge in [-0.25, -0.2) is 0 Å². The van der Waals surface area contributed by atoms with Crippen LogP contribution in [-0.4, -0.2) is 0 Å². The van der Waals surface area contributed by atoms with E-state index in [1.807, 2.05) is 41.5 Å². The van der Waals surface area contributed by atoms with Crippen molar-refractivity contribution >= 4 is 17.0 Å². The molecule has 0 bridgehead atoms. The number of allylic oxidation sites excluding steroid dienone is 10. The van der Waals surface area contributed by atoms with E-state index in [9.17, 15) is 0 Å². The van der Waals surface area contributed by atoms with E-state index in [0.717, 1.165) is 71.0 Å². The molecule has 56 heavy (non-hydrogen) atoms. The van der Waals surface area contributed by atoms with Gasteiger partial charge in [0, 0.05) is 0 Å². The Hall–Kier alpha value is 1.36. The second-order valence-electron chi connectivity index (χ2n) is 16.2. The molecule has 5 saturated carbocycles. The van der Waals surface area contributed by atoms with Crippen LogP contribution < -0.4 is 37.7 Å². The zero-order chi connectivity index (χ0) is 35.8. The molecule has 0 aromatic heterocycles. The molecule has 8 rings (SSSR count). The average molecular weight is 881 g/mol. The van der Waals surface area contributed by atoms with E-state index in [0.29, 0.717) is 5.41 Å². The van der Waals surface area contributed by atoms with Gasteiger partial charge >= 0.3 is 75.6 Å². The molecule has 0 nitrogen and oxygen atoms in total. The van der Waals surface area contributed by atoms with Crippen molar-refractivity contribution < 1.29 is 58.6 Å². The third kappa shape index (κ3) is 17.3. The largest absolute Gasteiger partial charge is 1.00 e. The molecule has 0 N–H and O–H groups in total. The quantitative estimate of drug-likeness (QED) is 0.150. The van der Waals surface area contributed by atoms with Gasteiger partial charge in [0.05, 0.1) is 0 Å². The number of fused-ring (bicyclic) bond motifs is 4. The van der Waals surface area contributed by atoms with Crippen molar-refractivity contribution in [1.29, 1.82) is 0 Å². The first kappa shape index (κ1) is 66.5. The van der Waals surface area contributed by atoms with Crippen molar-refractivity contribution in [3.05, 3.63) is 90.5 Å². The molecule has 0 heterocycles. The van der Waals surface area contributed by atoms with Crippen molar-refractivity contribution in [3.8, 4) is 0 Å². The Kier molecular flexibility index (Phi) is 42.6. The van der Waals surface area contributed by atoms with Crippen molar-refractivity contribution in [2.75, 3.05) is 0 Å². The molecular weight excluding hydrogens is 789 g/mol. The maximum atomic E-state index is 4.93. The van der Waals surface area contributed by atoms with Crippen LogP contribution in [0, 0.1) is 106 Å². The molecule has 0 aromatic carbocycles. The number of hydrogen-bond donors (Lipinski definition) is 0. The Morgan fingerprint density at radius 2 is 0.946 bits per heavy atom. The van der Waals surface area contributed by atoms with E-state index in [4.69, 9.17) is 17.0 Å². The Morgan fingerprint density at radius 3 is 1.46 bits per heavy atom. The SMILES string of the molecule is C.C1=CC2CCC(CC3CCC4CCCCC43)C2CC1.CC.CC.CC.CC(C)(C1CCC2C=CC=CC21)C1CCC2C=CC=CC21.[CH3-].[CH3-].[CH3-].[CH3-].[Cl][Zr+2][Cl].[Li+].[Li+]. The van der Waals surface area contributed by atoms with Gasteiger partial charge in [0.2, 0.25) is 0 Å². The van der Waals surface area contributed by atoms with Gasteiger partial charge in [-0.2, -0.15) is 0 Å². The average Bonchev–Trinajstić information content (AvgIpc) is 3.97. The molecule has 0 aromatic rings. The van der Waals surface area contributed by atoms with E-state index >= 15 is 0 Å². The number of rotatable bonds is 4. The summed E-state index contributed by atoms with van der Waals surface area (Å²) in [6.07, 6.45) is 46.6. The molecule has 0 radical (unpaired) electrons. The van der Waals surface area contributed by atoms with Crippen LogP contribution in [-0.2, 0) is 20.8 Å². The van der Waals surface area contributed by atoms with E-state index in [2.05, 4.69) is 74.6 Å². The molecule has 8 aliphatic rings. The van der Waals surface area contributed by atoms with E-state index in [1.54, 1.807) is 38.5 Å². The number of halogens is 2. The van der Waals surface area contributed by atoms with Crippen LogP contribution in [0.15, 0.2) is 60.8 Å². The van der Waals surface area contributed by atoms with Crippen LogP contribution in [0.1, 0.15) is 159 Å². The van der Waals surface area contributed by atoms with E-state index in [-0.39, 0.29) is 74.9 Å². The molecule has 0 saturated heterocycles. The summed E-state index contributed by atoms with van der Waals surface area (Å²) in [7, 11) is 9.87. The smallest absolute Gasteiger partial charge is 1.00 e. The van der Waals surface area contributed by atoms with Crippen molar-refractivity contribution in [1.82, 2.24) is 0 Å². The summed E-state index contributed by atoms with van der Waals surface area (Å²) in [4.78, 5) is 0. The van der Waals surface area contributed by atoms with Gasteiger partial charge < -0.3 is 29.7 Å². The van der Waals surface area contributed by atoms with Crippen LogP contribution in [0.25, 0.3) is 0 Å². The minimum atomic E-state index is -0.826. The summed E-state index contributed by atoms with van der Waals surface area (Å²) in [5.74, 6) is 11.5. The first-order valence-corrected chi connectivity index (χ1v) is 27.7.